The average Bonchev–Trinajstić information content (AvgIpc) is 2.51. The Morgan fingerprint density at radius 1 is 1.57 bits per heavy atom. The van der Waals surface area contributed by atoms with Crippen molar-refractivity contribution in [3.8, 4) is 0 Å². The Kier molecular flexibility index (Phi) is 3.26. The Bertz CT molecular complexity index is 291. The first-order chi connectivity index (χ1) is 6.46. The summed E-state index contributed by atoms with van der Waals surface area (Å²) in [5, 5.41) is 14.0. The van der Waals surface area contributed by atoms with Gasteiger partial charge in [0.2, 0.25) is 0 Å². The average molecular weight is 197 g/mol. The molecule has 0 spiro atoms. The molecule has 1 heterocycles. The summed E-state index contributed by atoms with van der Waals surface area (Å²) >= 11 is 0. The molecule has 0 aliphatic heterocycles. The third-order valence-corrected chi connectivity index (χ3v) is 2.44. The summed E-state index contributed by atoms with van der Waals surface area (Å²) in [4.78, 5) is 4.16. The second-order valence-electron chi connectivity index (χ2n) is 4.24. The van der Waals surface area contributed by atoms with Gasteiger partial charge >= 0.3 is 0 Å². The largest absolute Gasteiger partial charge is 0.390 e. The quantitative estimate of drug-likeness (QED) is 0.797. The molecule has 80 valence electrons. The van der Waals surface area contributed by atoms with E-state index in [0.29, 0.717) is 12.5 Å². The van der Waals surface area contributed by atoms with Crippen molar-refractivity contribution in [3.63, 3.8) is 0 Å². The van der Waals surface area contributed by atoms with Crippen LogP contribution in [-0.2, 0) is 6.42 Å². The molecule has 0 bridgehead atoms. The minimum absolute atomic E-state index is 0.292. The third-order valence-electron chi connectivity index (χ3n) is 2.44. The van der Waals surface area contributed by atoms with Gasteiger partial charge in [0.1, 0.15) is 12.2 Å². The topological polar surface area (TPSA) is 50.9 Å². The van der Waals surface area contributed by atoms with Crippen LogP contribution in [0.15, 0.2) is 6.33 Å². The Morgan fingerprint density at radius 3 is 2.71 bits per heavy atom. The van der Waals surface area contributed by atoms with Crippen LogP contribution in [0.2, 0.25) is 0 Å². The van der Waals surface area contributed by atoms with Gasteiger partial charge in [-0.2, -0.15) is 5.10 Å². The lowest BCUT2D eigenvalue weighted by atomic mass is 9.99. The molecule has 1 atom stereocenters. The number of aromatic nitrogens is 3. The minimum atomic E-state index is -0.681. The molecular formula is C10H19N3O. The molecule has 0 aliphatic carbocycles. The monoisotopic (exact) mass is 197 g/mol. The molecule has 0 saturated heterocycles. The van der Waals surface area contributed by atoms with Gasteiger partial charge in [-0.1, -0.05) is 6.92 Å². The summed E-state index contributed by atoms with van der Waals surface area (Å²) < 4.78 is 1.85. The Balaban J connectivity index is 2.81. The van der Waals surface area contributed by atoms with Crippen molar-refractivity contribution in [1.29, 1.82) is 0 Å². The van der Waals surface area contributed by atoms with E-state index in [0.717, 1.165) is 12.2 Å². The summed E-state index contributed by atoms with van der Waals surface area (Å²) in [5.74, 6) is 0.854. The zero-order chi connectivity index (χ0) is 10.8. The summed E-state index contributed by atoms with van der Waals surface area (Å²) in [6, 6.07) is 0.292. The van der Waals surface area contributed by atoms with Crippen LogP contribution < -0.4 is 0 Å². The van der Waals surface area contributed by atoms with Gasteiger partial charge in [-0.3, -0.25) is 0 Å². The second kappa shape index (κ2) is 4.09. The SMILES string of the molecule is CCC(C)(O)Cc1ncnn1C(C)C. The summed E-state index contributed by atoms with van der Waals surface area (Å²) in [7, 11) is 0. The van der Waals surface area contributed by atoms with E-state index in [-0.39, 0.29) is 0 Å². The molecule has 0 radical (unpaired) electrons. The number of rotatable bonds is 4. The van der Waals surface area contributed by atoms with Crippen molar-refractivity contribution in [2.75, 3.05) is 0 Å². The van der Waals surface area contributed by atoms with E-state index in [1.807, 2.05) is 18.5 Å². The van der Waals surface area contributed by atoms with Crippen LogP contribution in [0, 0.1) is 0 Å². The maximum Gasteiger partial charge on any atom is 0.138 e. The number of nitrogens with zero attached hydrogens (tertiary/aromatic N) is 3. The number of hydrogen-bond acceptors (Lipinski definition) is 3. The van der Waals surface area contributed by atoms with Crippen LogP contribution in [0.4, 0.5) is 0 Å². The van der Waals surface area contributed by atoms with Gasteiger partial charge in [0.15, 0.2) is 0 Å². The van der Waals surface area contributed by atoms with Crippen LogP contribution >= 0.6 is 0 Å². The first kappa shape index (κ1) is 11.2. The molecule has 1 unspecified atom stereocenters. The zero-order valence-corrected chi connectivity index (χ0v) is 9.36. The lowest BCUT2D eigenvalue weighted by Crippen LogP contribution is -2.28. The van der Waals surface area contributed by atoms with Gasteiger partial charge in [0.05, 0.1) is 5.60 Å². The highest BCUT2D eigenvalue weighted by atomic mass is 16.3. The van der Waals surface area contributed by atoms with E-state index in [2.05, 4.69) is 23.9 Å². The molecular weight excluding hydrogens is 178 g/mol. The van der Waals surface area contributed by atoms with Crippen LogP contribution in [0.3, 0.4) is 0 Å². The summed E-state index contributed by atoms with van der Waals surface area (Å²) in [6.07, 6.45) is 2.82. The van der Waals surface area contributed by atoms with Crippen LogP contribution in [0.5, 0.6) is 0 Å². The highest BCUT2D eigenvalue weighted by molar-refractivity contribution is 4.93. The number of hydrogen-bond donors (Lipinski definition) is 1. The Labute approximate surface area is 85.0 Å². The van der Waals surface area contributed by atoms with E-state index in [9.17, 15) is 5.11 Å². The normalized spacial score (nSPS) is 15.9. The van der Waals surface area contributed by atoms with Crippen molar-refractivity contribution in [1.82, 2.24) is 14.8 Å². The third kappa shape index (κ3) is 2.54. The lowest BCUT2D eigenvalue weighted by Gasteiger charge is -2.21. The fourth-order valence-corrected chi connectivity index (χ4v) is 1.30. The van der Waals surface area contributed by atoms with Crippen molar-refractivity contribution < 1.29 is 5.11 Å². The molecule has 1 aromatic rings. The molecule has 14 heavy (non-hydrogen) atoms. The number of aliphatic hydroxyl groups is 1. The van der Waals surface area contributed by atoms with E-state index < -0.39 is 5.60 Å². The molecule has 0 fully saturated rings. The fourth-order valence-electron chi connectivity index (χ4n) is 1.30. The minimum Gasteiger partial charge on any atom is -0.390 e. The maximum atomic E-state index is 9.92. The van der Waals surface area contributed by atoms with Gasteiger partial charge < -0.3 is 5.11 Å². The maximum absolute atomic E-state index is 9.92. The fraction of sp³-hybridized carbons (Fsp3) is 0.800. The molecule has 1 rings (SSSR count). The van der Waals surface area contributed by atoms with E-state index in [1.54, 1.807) is 6.33 Å². The van der Waals surface area contributed by atoms with Gasteiger partial charge in [-0.05, 0) is 27.2 Å². The van der Waals surface area contributed by atoms with Gasteiger partial charge in [-0.25, -0.2) is 9.67 Å². The first-order valence-corrected chi connectivity index (χ1v) is 5.07. The van der Waals surface area contributed by atoms with Gasteiger partial charge in [0.25, 0.3) is 0 Å². The molecule has 0 saturated carbocycles. The molecule has 1 aromatic heterocycles. The van der Waals surface area contributed by atoms with Crippen LogP contribution in [0.1, 0.15) is 46.0 Å². The molecule has 0 aromatic carbocycles. The lowest BCUT2D eigenvalue weighted by molar-refractivity contribution is 0.0529. The van der Waals surface area contributed by atoms with Crippen molar-refractivity contribution in [3.05, 3.63) is 12.2 Å². The smallest absolute Gasteiger partial charge is 0.138 e. The Hall–Kier alpha value is -0.900. The van der Waals surface area contributed by atoms with Crippen molar-refractivity contribution in [2.24, 2.45) is 0 Å². The predicted molar refractivity (Wildman–Crippen MR) is 55.0 cm³/mol. The van der Waals surface area contributed by atoms with E-state index >= 15 is 0 Å². The highest BCUT2D eigenvalue weighted by Gasteiger charge is 2.21. The predicted octanol–water partition coefficient (Wildman–Crippen LogP) is 1.56. The zero-order valence-electron chi connectivity index (χ0n) is 9.36. The first-order valence-electron chi connectivity index (χ1n) is 5.07. The second-order valence-corrected chi connectivity index (χ2v) is 4.24. The van der Waals surface area contributed by atoms with Crippen molar-refractivity contribution in [2.45, 2.75) is 52.2 Å². The van der Waals surface area contributed by atoms with Gasteiger partial charge in [-0.15, -0.1) is 0 Å². The molecule has 1 N–H and O–H groups in total. The van der Waals surface area contributed by atoms with E-state index in [4.69, 9.17) is 0 Å². The standard InChI is InChI=1S/C10H19N3O/c1-5-10(4,14)6-9-11-7-12-13(9)8(2)3/h7-8,14H,5-6H2,1-4H3. The van der Waals surface area contributed by atoms with E-state index in [1.165, 1.54) is 0 Å². The summed E-state index contributed by atoms with van der Waals surface area (Å²) in [6.45, 7) is 7.90. The molecule has 4 nitrogen and oxygen atoms in total. The van der Waals surface area contributed by atoms with Crippen molar-refractivity contribution >= 4 is 0 Å². The molecule has 4 heteroatoms. The highest BCUT2D eigenvalue weighted by Crippen LogP contribution is 2.16. The molecule has 0 amide bonds. The van der Waals surface area contributed by atoms with Crippen LogP contribution in [0.25, 0.3) is 0 Å². The Morgan fingerprint density at radius 2 is 2.21 bits per heavy atom. The van der Waals surface area contributed by atoms with Gasteiger partial charge in [0, 0.05) is 12.5 Å². The van der Waals surface area contributed by atoms with Crippen LogP contribution in [-0.4, -0.2) is 25.5 Å². The molecule has 0 aliphatic rings. The summed E-state index contributed by atoms with van der Waals surface area (Å²) in [5.41, 5.74) is -0.681.